The summed E-state index contributed by atoms with van der Waals surface area (Å²) in [5.74, 6) is 0.226. The number of thiazole rings is 1. The summed E-state index contributed by atoms with van der Waals surface area (Å²) < 4.78 is 38.6. The highest BCUT2D eigenvalue weighted by Gasteiger charge is 2.32. The molecule has 0 saturated carbocycles. The van der Waals surface area contributed by atoms with E-state index >= 15 is 0 Å². The number of hydrogen-bond donors (Lipinski definition) is 0. The van der Waals surface area contributed by atoms with Gasteiger partial charge in [0.1, 0.15) is 15.7 Å². The normalized spacial score (nSPS) is 15.3. The van der Waals surface area contributed by atoms with Crippen LogP contribution < -0.4 is 4.90 Å². The number of rotatable bonds is 3. The molecule has 31 heavy (non-hydrogen) atoms. The second-order valence-corrected chi connectivity index (χ2v) is 9.42. The first-order chi connectivity index (χ1) is 14.7. The number of carbonyl (C=O) groups excluding carboxylic acids is 1. The Morgan fingerprint density at radius 1 is 1.23 bits per heavy atom. The van der Waals surface area contributed by atoms with Crippen LogP contribution in [-0.4, -0.2) is 47.0 Å². The summed E-state index contributed by atoms with van der Waals surface area (Å²) in [4.78, 5) is 26.9. The van der Waals surface area contributed by atoms with Crippen molar-refractivity contribution in [1.29, 1.82) is 0 Å². The molecular weight excluding hydrogens is 469 g/mol. The zero-order valence-corrected chi connectivity index (χ0v) is 18.8. The Morgan fingerprint density at radius 2 is 2.03 bits per heavy atom. The molecule has 0 unspecified atom stereocenters. The maximum atomic E-state index is 13.1. The van der Waals surface area contributed by atoms with E-state index in [4.69, 9.17) is 11.6 Å². The molecule has 1 saturated heterocycles. The van der Waals surface area contributed by atoms with E-state index in [-0.39, 0.29) is 10.9 Å². The van der Waals surface area contributed by atoms with Crippen LogP contribution >= 0.6 is 34.3 Å². The highest BCUT2D eigenvalue weighted by atomic mass is 35.5. The fraction of sp³-hybridized carbons (Fsp3) is 0.350. The van der Waals surface area contributed by atoms with Crippen LogP contribution in [-0.2, 0) is 6.18 Å². The first-order valence-corrected chi connectivity index (χ1v) is 11.6. The number of carbonyl (C=O) groups is 1. The average molecular weight is 487 g/mol. The molecule has 1 aliphatic heterocycles. The smallest absolute Gasteiger partial charge is 0.354 e. The number of alkyl halides is 3. The maximum absolute atomic E-state index is 13.1. The largest absolute Gasteiger partial charge is 0.417 e. The van der Waals surface area contributed by atoms with E-state index in [1.807, 2.05) is 29.3 Å². The van der Waals surface area contributed by atoms with E-state index in [1.165, 1.54) is 11.3 Å². The van der Waals surface area contributed by atoms with Crippen molar-refractivity contribution in [2.75, 3.05) is 31.1 Å². The van der Waals surface area contributed by atoms with E-state index in [9.17, 15) is 18.0 Å². The Hall–Kier alpha value is -2.17. The molecule has 3 aromatic rings. The lowest BCUT2D eigenvalue weighted by Gasteiger charge is -2.24. The molecule has 164 valence electrons. The summed E-state index contributed by atoms with van der Waals surface area (Å²) in [6, 6.07) is 4.81. The van der Waals surface area contributed by atoms with E-state index in [1.54, 1.807) is 16.2 Å². The molecule has 0 spiro atoms. The Morgan fingerprint density at radius 3 is 2.71 bits per heavy atom. The summed E-state index contributed by atoms with van der Waals surface area (Å²) in [6.45, 7) is 3.77. The first-order valence-electron chi connectivity index (χ1n) is 9.52. The van der Waals surface area contributed by atoms with Crippen LogP contribution in [0.3, 0.4) is 0 Å². The number of hydrogen-bond acceptors (Lipinski definition) is 6. The molecule has 4 rings (SSSR count). The van der Waals surface area contributed by atoms with Crippen molar-refractivity contribution in [3.63, 3.8) is 0 Å². The number of aryl methyl sites for hydroxylation is 1. The van der Waals surface area contributed by atoms with Gasteiger partial charge in [0.05, 0.1) is 21.2 Å². The van der Waals surface area contributed by atoms with Gasteiger partial charge in [0.25, 0.3) is 5.91 Å². The predicted octanol–water partition coefficient (Wildman–Crippen LogP) is 5.60. The van der Waals surface area contributed by atoms with E-state index in [0.717, 1.165) is 22.1 Å². The van der Waals surface area contributed by atoms with Crippen LogP contribution in [0.1, 0.15) is 27.3 Å². The Kier molecular flexibility index (Phi) is 6.23. The van der Waals surface area contributed by atoms with Crippen LogP contribution in [0.2, 0.25) is 5.02 Å². The molecule has 1 fully saturated rings. The molecule has 4 heterocycles. The van der Waals surface area contributed by atoms with Crippen molar-refractivity contribution >= 4 is 46.0 Å². The number of nitrogens with zero attached hydrogens (tertiary/aromatic N) is 4. The lowest BCUT2D eigenvalue weighted by atomic mass is 10.2. The Labute approximate surface area is 190 Å². The fourth-order valence-electron chi connectivity index (χ4n) is 3.39. The average Bonchev–Trinajstić information content (AvgIpc) is 3.31. The number of aromatic nitrogens is 2. The van der Waals surface area contributed by atoms with Crippen LogP contribution in [0.15, 0.2) is 29.8 Å². The Bertz CT molecular complexity index is 1080. The highest BCUT2D eigenvalue weighted by molar-refractivity contribution is 7.22. The zero-order chi connectivity index (χ0) is 22.2. The third kappa shape index (κ3) is 4.70. The maximum Gasteiger partial charge on any atom is 0.417 e. The molecule has 3 aromatic heterocycles. The van der Waals surface area contributed by atoms with E-state index in [0.29, 0.717) is 49.0 Å². The third-order valence-corrected chi connectivity index (χ3v) is 7.42. The molecule has 0 N–H and O–H groups in total. The SMILES string of the molecule is Cc1nc(-c2cccs2)sc1C(=O)N1CCCN(c2ncc(C(F)(F)F)cc2Cl)CC1. The molecule has 1 aliphatic rings. The third-order valence-electron chi connectivity index (χ3n) is 4.95. The van der Waals surface area contributed by atoms with Gasteiger partial charge in [-0.1, -0.05) is 17.7 Å². The van der Waals surface area contributed by atoms with Gasteiger partial charge in [-0.15, -0.1) is 22.7 Å². The molecule has 0 bridgehead atoms. The predicted molar refractivity (Wildman–Crippen MR) is 117 cm³/mol. The number of anilines is 1. The molecule has 0 aliphatic carbocycles. The quantitative estimate of drug-likeness (QED) is 0.483. The summed E-state index contributed by atoms with van der Waals surface area (Å²) in [7, 11) is 0. The second-order valence-electron chi connectivity index (χ2n) is 7.07. The minimum absolute atomic E-state index is 0.0477. The Balaban J connectivity index is 1.48. The van der Waals surface area contributed by atoms with Crippen molar-refractivity contribution in [1.82, 2.24) is 14.9 Å². The van der Waals surface area contributed by atoms with Gasteiger partial charge in [-0.3, -0.25) is 4.79 Å². The summed E-state index contributed by atoms with van der Waals surface area (Å²) in [6.07, 6.45) is -3.05. The van der Waals surface area contributed by atoms with Gasteiger partial charge in [-0.2, -0.15) is 13.2 Å². The van der Waals surface area contributed by atoms with Gasteiger partial charge >= 0.3 is 6.18 Å². The van der Waals surface area contributed by atoms with Crippen molar-refractivity contribution in [3.05, 3.63) is 50.9 Å². The number of halogens is 4. The van der Waals surface area contributed by atoms with Crippen LogP contribution in [0.25, 0.3) is 9.88 Å². The van der Waals surface area contributed by atoms with Crippen LogP contribution in [0, 0.1) is 6.92 Å². The summed E-state index contributed by atoms with van der Waals surface area (Å²) in [5, 5.41) is 2.75. The zero-order valence-electron chi connectivity index (χ0n) is 16.4. The number of pyridine rings is 1. The number of thiophene rings is 1. The minimum atomic E-state index is -4.49. The number of amides is 1. The molecule has 0 aromatic carbocycles. The van der Waals surface area contributed by atoms with Crippen molar-refractivity contribution in [2.45, 2.75) is 19.5 Å². The lowest BCUT2D eigenvalue weighted by Crippen LogP contribution is -2.35. The molecule has 0 atom stereocenters. The summed E-state index contributed by atoms with van der Waals surface area (Å²) >= 11 is 9.06. The summed E-state index contributed by atoms with van der Waals surface area (Å²) in [5.41, 5.74) is -0.179. The van der Waals surface area contributed by atoms with Gasteiger partial charge in [-0.05, 0) is 30.9 Å². The van der Waals surface area contributed by atoms with Crippen molar-refractivity contribution in [3.8, 4) is 9.88 Å². The standard InChI is InChI=1S/C20H18ClF3N4OS2/c1-12-16(31-18(26-12)15-4-2-9-30-15)19(29)28-6-3-5-27(7-8-28)17-14(21)10-13(11-25-17)20(22,23)24/h2,4,9-11H,3,5-8H2,1H3. The molecule has 0 radical (unpaired) electrons. The topological polar surface area (TPSA) is 49.3 Å². The minimum Gasteiger partial charge on any atom is -0.354 e. The van der Waals surface area contributed by atoms with Gasteiger partial charge in [0.15, 0.2) is 0 Å². The van der Waals surface area contributed by atoms with Gasteiger partial charge in [-0.25, -0.2) is 9.97 Å². The first kappa shape index (κ1) is 22.0. The monoisotopic (exact) mass is 486 g/mol. The fourth-order valence-corrected chi connectivity index (χ4v) is 5.51. The second kappa shape index (κ2) is 8.76. The van der Waals surface area contributed by atoms with Gasteiger partial charge < -0.3 is 9.80 Å². The van der Waals surface area contributed by atoms with Gasteiger partial charge in [0, 0.05) is 32.4 Å². The van der Waals surface area contributed by atoms with Crippen LogP contribution in [0.5, 0.6) is 0 Å². The van der Waals surface area contributed by atoms with Gasteiger partial charge in [0.2, 0.25) is 0 Å². The van der Waals surface area contributed by atoms with E-state index in [2.05, 4.69) is 9.97 Å². The molecule has 5 nitrogen and oxygen atoms in total. The van der Waals surface area contributed by atoms with E-state index < -0.39 is 11.7 Å². The molecule has 11 heteroatoms. The molecule has 1 amide bonds. The molecular formula is C20H18ClF3N4OS2. The van der Waals surface area contributed by atoms with Crippen LogP contribution in [0.4, 0.5) is 19.0 Å². The van der Waals surface area contributed by atoms with Crippen molar-refractivity contribution in [2.24, 2.45) is 0 Å². The lowest BCUT2D eigenvalue weighted by molar-refractivity contribution is -0.137. The van der Waals surface area contributed by atoms with Crippen molar-refractivity contribution < 1.29 is 18.0 Å². The highest BCUT2D eigenvalue weighted by Crippen LogP contribution is 2.34.